The fourth-order valence-corrected chi connectivity index (χ4v) is 2.13. The van der Waals surface area contributed by atoms with Crippen molar-refractivity contribution in [2.24, 2.45) is 11.8 Å². The zero-order valence-electron chi connectivity index (χ0n) is 11.0. The van der Waals surface area contributed by atoms with E-state index in [-0.39, 0.29) is 0 Å². The van der Waals surface area contributed by atoms with Gasteiger partial charge in [0.2, 0.25) is 0 Å². The maximum Gasteiger partial charge on any atom is 0.0613 e. The number of hydrogen-bond acceptors (Lipinski definition) is 3. The largest absolute Gasteiger partial charge is 0.380 e. The average Bonchev–Trinajstić information content (AvgIpc) is 2.70. The van der Waals surface area contributed by atoms with Gasteiger partial charge in [0, 0.05) is 26.3 Å². The first-order chi connectivity index (χ1) is 7.74. The van der Waals surface area contributed by atoms with Gasteiger partial charge in [-0.1, -0.05) is 20.8 Å². The van der Waals surface area contributed by atoms with E-state index in [9.17, 15) is 0 Å². The molecule has 0 aliphatic carbocycles. The molecule has 3 heteroatoms. The summed E-state index contributed by atoms with van der Waals surface area (Å²) in [6.45, 7) is 11.2. The SMILES string of the molecule is CCC1OCCC1CNCCOCC(C)C. The lowest BCUT2D eigenvalue weighted by molar-refractivity contribution is 0.0846. The molecule has 0 amide bonds. The van der Waals surface area contributed by atoms with Crippen molar-refractivity contribution in [3.63, 3.8) is 0 Å². The Hall–Kier alpha value is -0.120. The third-order valence-electron chi connectivity index (χ3n) is 3.03. The van der Waals surface area contributed by atoms with Crippen LogP contribution in [0.25, 0.3) is 0 Å². The molecule has 2 unspecified atom stereocenters. The summed E-state index contributed by atoms with van der Waals surface area (Å²) in [5, 5.41) is 3.46. The Kier molecular flexibility index (Phi) is 7.01. The fraction of sp³-hybridized carbons (Fsp3) is 1.00. The highest BCUT2D eigenvalue weighted by molar-refractivity contribution is 4.76. The van der Waals surface area contributed by atoms with Gasteiger partial charge in [-0.05, 0) is 24.7 Å². The van der Waals surface area contributed by atoms with Gasteiger partial charge in [-0.15, -0.1) is 0 Å². The van der Waals surface area contributed by atoms with Crippen molar-refractivity contribution in [1.82, 2.24) is 5.32 Å². The fourth-order valence-electron chi connectivity index (χ4n) is 2.13. The van der Waals surface area contributed by atoms with E-state index in [1.807, 2.05) is 0 Å². The van der Waals surface area contributed by atoms with E-state index in [4.69, 9.17) is 9.47 Å². The van der Waals surface area contributed by atoms with Crippen molar-refractivity contribution in [3.8, 4) is 0 Å². The lowest BCUT2D eigenvalue weighted by Crippen LogP contribution is -2.30. The van der Waals surface area contributed by atoms with Gasteiger partial charge in [-0.2, -0.15) is 0 Å². The third-order valence-corrected chi connectivity index (χ3v) is 3.03. The Balaban J connectivity index is 1.94. The molecule has 3 nitrogen and oxygen atoms in total. The van der Waals surface area contributed by atoms with Gasteiger partial charge in [0.15, 0.2) is 0 Å². The Morgan fingerprint density at radius 2 is 2.25 bits per heavy atom. The molecule has 0 saturated carbocycles. The number of rotatable bonds is 8. The number of hydrogen-bond donors (Lipinski definition) is 1. The average molecular weight is 229 g/mol. The van der Waals surface area contributed by atoms with Gasteiger partial charge in [0.05, 0.1) is 12.7 Å². The molecule has 0 aromatic heterocycles. The van der Waals surface area contributed by atoms with Gasteiger partial charge >= 0.3 is 0 Å². The maximum absolute atomic E-state index is 5.65. The van der Waals surface area contributed by atoms with E-state index in [0.29, 0.717) is 17.9 Å². The molecule has 2 atom stereocenters. The Bertz CT molecular complexity index is 173. The summed E-state index contributed by atoms with van der Waals surface area (Å²) in [7, 11) is 0. The van der Waals surface area contributed by atoms with E-state index in [1.165, 1.54) is 6.42 Å². The molecule has 0 aromatic carbocycles. The van der Waals surface area contributed by atoms with Crippen LogP contribution in [0.5, 0.6) is 0 Å². The molecule has 1 heterocycles. The van der Waals surface area contributed by atoms with Crippen molar-refractivity contribution in [1.29, 1.82) is 0 Å². The summed E-state index contributed by atoms with van der Waals surface area (Å²) in [4.78, 5) is 0. The molecule has 0 spiro atoms. The van der Waals surface area contributed by atoms with Crippen LogP contribution in [0.3, 0.4) is 0 Å². The highest BCUT2D eigenvalue weighted by Gasteiger charge is 2.25. The molecule has 1 saturated heterocycles. The van der Waals surface area contributed by atoms with Gasteiger partial charge in [0.1, 0.15) is 0 Å². The number of nitrogens with one attached hydrogen (secondary N) is 1. The molecule has 1 aliphatic heterocycles. The van der Waals surface area contributed by atoms with E-state index in [2.05, 4.69) is 26.1 Å². The van der Waals surface area contributed by atoms with Crippen molar-refractivity contribution >= 4 is 0 Å². The molecule has 0 radical (unpaired) electrons. The van der Waals surface area contributed by atoms with Crippen LogP contribution < -0.4 is 5.32 Å². The van der Waals surface area contributed by atoms with Crippen molar-refractivity contribution in [3.05, 3.63) is 0 Å². The van der Waals surface area contributed by atoms with Crippen LogP contribution >= 0.6 is 0 Å². The smallest absolute Gasteiger partial charge is 0.0613 e. The lowest BCUT2D eigenvalue weighted by atomic mass is 10.00. The monoisotopic (exact) mass is 229 g/mol. The quantitative estimate of drug-likeness (QED) is 0.646. The first kappa shape index (κ1) is 13.9. The van der Waals surface area contributed by atoms with Crippen LogP contribution in [0.1, 0.15) is 33.6 Å². The van der Waals surface area contributed by atoms with Crippen LogP contribution in [0.4, 0.5) is 0 Å². The molecular weight excluding hydrogens is 202 g/mol. The summed E-state index contributed by atoms with van der Waals surface area (Å²) < 4.78 is 11.2. The second-order valence-electron chi connectivity index (χ2n) is 5.04. The van der Waals surface area contributed by atoms with Crippen LogP contribution in [0, 0.1) is 11.8 Å². The zero-order valence-corrected chi connectivity index (χ0v) is 11.0. The molecule has 0 bridgehead atoms. The molecular formula is C13H27NO2. The Morgan fingerprint density at radius 3 is 2.94 bits per heavy atom. The van der Waals surface area contributed by atoms with E-state index >= 15 is 0 Å². The summed E-state index contributed by atoms with van der Waals surface area (Å²) in [5.41, 5.74) is 0. The zero-order chi connectivity index (χ0) is 11.8. The molecule has 1 aliphatic rings. The summed E-state index contributed by atoms with van der Waals surface area (Å²) in [6, 6.07) is 0. The predicted octanol–water partition coefficient (Wildman–Crippen LogP) is 2.06. The van der Waals surface area contributed by atoms with E-state index in [0.717, 1.165) is 39.3 Å². The summed E-state index contributed by atoms with van der Waals surface area (Å²) in [6.07, 6.45) is 2.82. The molecule has 1 N–H and O–H groups in total. The highest BCUT2D eigenvalue weighted by atomic mass is 16.5. The van der Waals surface area contributed by atoms with Gasteiger partial charge in [-0.3, -0.25) is 0 Å². The van der Waals surface area contributed by atoms with Crippen LogP contribution in [0.15, 0.2) is 0 Å². The van der Waals surface area contributed by atoms with E-state index < -0.39 is 0 Å². The minimum absolute atomic E-state index is 0.476. The minimum Gasteiger partial charge on any atom is -0.380 e. The maximum atomic E-state index is 5.65. The van der Waals surface area contributed by atoms with Gasteiger partial charge in [-0.25, -0.2) is 0 Å². The first-order valence-electron chi connectivity index (χ1n) is 6.64. The Morgan fingerprint density at radius 1 is 1.44 bits per heavy atom. The molecule has 1 rings (SSSR count). The normalized spacial score (nSPS) is 25.5. The lowest BCUT2D eigenvalue weighted by Gasteiger charge is -2.17. The predicted molar refractivity (Wildman–Crippen MR) is 66.7 cm³/mol. The van der Waals surface area contributed by atoms with Crippen molar-refractivity contribution < 1.29 is 9.47 Å². The highest BCUT2D eigenvalue weighted by Crippen LogP contribution is 2.22. The van der Waals surface area contributed by atoms with Crippen LogP contribution in [-0.4, -0.2) is 39.0 Å². The van der Waals surface area contributed by atoms with E-state index in [1.54, 1.807) is 0 Å². The minimum atomic E-state index is 0.476. The van der Waals surface area contributed by atoms with Crippen molar-refractivity contribution in [2.45, 2.75) is 39.7 Å². The topological polar surface area (TPSA) is 30.5 Å². The molecule has 96 valence electrons. The second kappa shape index (κ2) is 8.04. The molecule has 0 aromatic rings. The van der Waals surface area contributed by atoms with Crippen LogP contribution in [0.2, 0.25) is 0 Å². The van der Waals surface area contributed by atoms with Crippen LogP contribution in [-0.2, 0) is 9.47 Å². The number of ether oxygens (including phenoxy) is 2. The second-order valence-corrected chi connectivity index (χ2v) is 5.04. The first-order valence-corrected chi connectivity index (χ1v) is 6.64. The summed E-state index contributed by atoms with van der Waals surface area (Å²) >= 11 is 0. The molecule has 16 heavy (non-hydrogen) atoms. The standard InChI is InChI=1S/C13H27NO2/c1-4-13-12(5-7-16-13)9-14-6-8-15-10-11(2)3/h11-14H,4-10H2,1-3H3. The molecule has 1 fully saturated rings. The van der Waals surface area contributed by atoms with Crippen molar-refractivity contribution in [2.75, 3.05) is 32.9 Å². The third kappa shape index (κ3) is 5.28. The Labute approximate surface area is 99.9 Å². The summed E-state index contributed by atoms with van der Waals surface area (Å²) in [5.74, 6) is 1.34. The van der Waals surface area contributed by atoms with Gasteiger partial charge < -0.3 is 14.8 Å². The van der Waals surface area contributed by atoms with Gasteiger partial charge in [0.25, 0.3) is 0 Å².